The van der Waals surface area contributed by atoms with E-state index in [0.29, 0.717) is 18.9 Å². The molecule has 0 bridgehead atoms. The van der Waals surface area contributed by atoms with Crippen LogP contribution in [0.3, 0.4) is 0 Å². The van der Waals surface area contributed by atoms with Crippen molar-refractivity contribution in [3.8, 4) is 0 Å². The van der Waals surface area contributed by atoms with Crippen LogP contribution >= 0.6 is 0 Å². The van der Waals surface area contributed by atoms with E-state index in [2.05, 4.69) is 56.1 Å². The molecule has 0 spiro atoms. The number of nitrogens with zero attached hydrogens (tertiary/aromatic N) is 7. The lowest BCUT2D eigenvalue weighted by Crippen LogP contribution is -2.56. The molecule has 0 aliphatic carbocycles. The summed E-state index contributed by atoms with van der Waals surface area (Å²) in [7, 11) is 0. The van der Waals surface area contributed by atoms with Crippen LogP contribution in [0.2, 0.25) is 0 Å². The number of benzene rings is 1. The van der Waals surface area contributed by atoms with E-state index in [9.17, 15) is 4.79 Å². The average Bonchev–Trinajstić information content (AvgIpc) is 3.25. The zero-order valence-corrected chi connectivity index (χ0v) is 17.5. The topological polar surface area (TPSA) is 69.9 Å². The fourth-order valence-corrected chi connectivity index (χ4v) is 4.66. The van der Waals surface area contributed by atoms with Gasteiger partial charge in [-0.1, -0.05) is 31.2 Å². The number of carbonyl (C=O) groups is 1. The van der Waals surface area contributed by atoms with Gasteiger partial charge < -0.3 is 9.80 Å². The molecule has 8 heteroatoms. The summed E-state index contributed by atoms with van der Waals surface area (Å²) in [6.45, 7) is 8.83. The molecule has 156 valence electrons. The Kier molecular flexibility index (Phi) is 4.86. The van der Waals surface area contributed by atoms with Crippen LogP contribution in [0.25, 0.3) is 5.78 Å². The lowest BCUT2D eigenvalue weighted by Gasteiger charge is -2.41. The van der Waals surface area contributed by atoms with Crippen LogP contribution in [0, 0.1) is 6.92 Å². The smallest absolute Gasteiger partial charge is 0.254 e. The minimum atomic E-state index is -0.0679. The summed E-state index contributed by atoms with van der Waals surface area (Å²) in [5.41, 5.74) is 3.57. The van der Waals surface area contributed by atoms with Gasteiger partial charge in [0.05, 0.1) is 6.04 Å². The number of anilines is 1. The van der Waals surface area contributed by atoms with E-state index in [1.54, 1.807) is 4.52 Å². The Bertz CT molecular complexity index is 1070. The lowest BCUT2D eigenvalue weighted by atomic mass is 9.93. The first-order valence-corrected chi connectivity index (χ1v) is 10.7. The maximum atomic E-state index is 13.4. The number of hydrogen-bond donors (Lipinski definition) is 0. The van der Waals surface area contributed by atoms with E-state index in [0.717, 1.165) is 44.1 Å². The van der Waals surface area contributed by atoms with Gasteiger partial charge in [0, 0.05) is 44.5 Å². The summed E-state index contributed by atoms with van der Waals surface area (Å²) in [5.74, 6) is 1.86. The second-order valence-electron chi connectivity index (χ2n) is 8.09. The van der Waals surface area contributed by atoms with Crippen molar-refractivity contribution in [2.24, 2.45) is 0 Å². The molecule has 0 saturated carbocycles. The molecule has 30 heavy (non-hydrogen) atoms. The Morgan fingerprint density at radius 1 is 1.13 bits per heavy atom. The second-order valence-corrected chi connectivity index (χ2v) is 8.09. The maximum absolute atomic E-state index is 13.4. The average molecular weight is 406 g/mol. The van der Waals surface area contributed by atoms with Crippen LogP contribution in [0.5, 0.6) is 0 Å². The fraction of sp³-hybridized carbons (Fsp3) is 0.455. The van der Waals surface area contributed by atoms with Gasteiger partial charge >= 0.3 is 0 Å². The molecule has 0 N–H and O–H groups in total. The van der Waals surface area contributed by atoms with Crippen LogP contribution in [-0.4, -0.2) is 74.1 Å². The molecule has 5 rings (SSSR count). The van der Waals surface area contributed by atoms with Gasteiger partial charge in [0.25, 0.3) is 5.78 Å². The van der Waals surface area contributed by atoms with E-state index in [1.807, 2.05) is 17.9 Å². The minimum Gasteiger partial charge on any atom is -0.353 e. The van der Waals surface area contributed by atoms with Crippen molar-refractivity contribution in [1.29, 1.82) is 0 Å². The molecular weight excluding hydrogens is 378 g/mol. The Hall–Kier alpha value is -3.00. The lowest BCUT2D eigenvalue weighted by molar-refractivity contribution is -0.138. The first-order valence-electron chi connectivity index (χ1n) is 10.7. The number of carbonyl (C=O) groups excluding carboxylic acids is 1. The van der Waals surface area contributed by atoms with E-state index < -0.39 is 0 Å². The van der Waals surface area contributed by atoms with Crippen molar-refractivity contribution >= 4 is 17.5 Å². The van der Waals surface area contributed by atoms with E-state index in [-0.39, 0.29) is 11.9 Å². The standard InChI is InChI=1S/C22H27N7O/c1-3-26-14-18-7-5-4-6-17(18)13-19(26)21(30)28-10-8-27(9-11-28)20-12-16(2)25-22-23-15-24-29(20)22/h4-7,12,15,19H,3,8-11,13-14H2,1-2H3. The molecule has 3 aromatic rings. The van der Waals surface area contributed by atoms with Crippen LogP contribution in [0.15, 0.2) is 36.7 Å². The molecule has 8 nitrogen and oxygen atoms in total. The molecule has 2 aliphatic heterocycles. The molecule has 1 atom stereocenters. The minimum absolute atomic E-state index is 0.0679. The van der Waals surface area contributed by atoms with Gasteiger partial charge in [-0.05, 0) is 31.0 Å². The van der Waals surface area contributed by atoms with Gasteiger partial charge in [0.2, 0.25) is 5.91 Å². The van der Waals surface area contributed by atoms with Crippen molar-refractivity contribution in [3.63, 3.8) is 0 Å². The monoisotopic (exact) mass is 405 g/mol. The van der Waals surface area contributed by atoms with Crippen molar-refractivity contribution in [1.82, 2.24) is 29.4 Å². The second kappa shape index (κ2) is 7.68. The first-order chi connectivity index (χ1) is 14.6. The van der Waals surface area contributed by atoms with Crippen LogP contribution in [0.1, 0.15) is 23.7 Å². The molecule has 1 amide bonds. The Labute approximate surface area is 176 Å². The third-order valence-electron chi connectivity index (χ3n) is 6.31. The zero-order valence-electron chi connectivity index (χ0n) is 17.5. The van der Waals surface area contributed by atoms with Gasteiger partial charge in [0.1, 0.15) is 12.1 Å². The summed E-state index contributed by atoms with van der Waals surface area (Å²) in [6, 6.07) is 10.5. The van der Waals surface area contributed by atoms with Crippen LogP contribution < -0.4 is 4.90 Å². The van der Waals surface area contributed by atoms with E-state index >= 15 is 0 Å². The molecule has 4 heterocycles. The number of aromatic nitrogens is 4. The summed E-state index contributed by atoms with van der Waals surface area (Å²) < 4.78 is 1.78. The Morgan fingerprint density at radius 2 is 1.90 bits per heavy atom. The summed E-state index contributed by atoms with van der Waals surface area (Å²) >= 11 is 0. The van der Waals surface area contributed by atoms with Crippen molar-refractivity contribution < 1.29 is 4.79 Å². The zero-order chi connectivity index (χ0) is 20.7. The quantitative estimate of drug-likeness (QED) is 0.658. The molecule has 2 aliphatic rings. The molecule has 1 aromatic carbocycles. The fourth-order valence-electron chi connectivity index (χ4n) is 4.66. The molecule has 2 aromatic heterocycles. The highest BCUT2D eigenvalue weighted by molar-refractivity contribution is 5.83. The van der Waals surface area contributed by atoms with E-state index in [1.165, 1.54) is 17.5 Å². The summed E-state index contributed by atoms with van der Waals surface area (Å²) in [5, 5.41) is 4.32. The van der Waals surface area contributed by atoms with Gasteiger partial charge in [-0.15, -0.1) is 0 Å². The number of piperazine rings is 1. The van der Waals surface area contributed by atoms with Crippen LogP contribution in [-0.2, 0) is 17.8 Å². The van der Waals surface area contributed by atoms with Crippen molar-refractivity contribution in [3.05, 3.63) is 53.5 Å². The van der Waals surface area contributed by atoms with Gasteiger partial charge in [0.15, 0.2) is 0 Å². The molecule has 1 saturated heterocycles. The SMILES string of the molecule is CCN1Cc2ccccc2CC1C(=O)N1CCN(c2cc(C)nc3ncnn23)CC1. The van der Waals surface area contributed by atoms with Crippen LogP contribution in [0.4, 0.5) is 5.82 Å². The number of aryl methyl sites for hydroxylation is 1. The molecule has 1 unspecified atom stereocenters. The predicted molar refractivity (Wildman–Crippen MR) is 114 cm³/mol. The summed E-state index contributed by atoms with van der Waals surface area (Å²) in [6.07, 6.45) is 2.33. The Balaban J connectivity index is 1.30. The molecular formula is C22H27N7O. The number of rotatable bonds is 3. The highest BCUT2D eigenvalue weighted by atomic mass is 16.2. The third kappa shape index (κ3) is 3.31. The van der Waals surface area contributed by atoms with E-state index in [4.69, 9.17) is 0 Å². The summed E-state index contributed by atoms with van der Waals surface area (Å²) in [4.78, 5) is 28.7. The number of hydrogen-bond acceptors (Lipinski definition) is 6. The van der Waals surface area contributed by atoms with Gasteiger partial charge in [-0.3, -0.25) is 9.69 Å². The largest absolute Gasteiger partial charge is 0.353 e. The number of likely N-dealkylation sites (N-methyl/N-ethyl adjacent to an activating group) is 1. The predicted octanol–water partition coefficient (Wildman–Crippen LogP) is 1.53. The van der Waals surface area contributed by atoms with Gasteiger partial charge in [-0.25, -0.2) is 4.98 Å². The van der Waals surface area contributed by atoms with Crippen molar-refractivity contribution in [2.75, 3.05) is 37.6 Å². The highest BCUT2D eigenvalue weighted by Crippen LogP contribution is 2.25. The molecule has 0 radical (unpaired) electrons. The highest BCUT2D eigenvalue weighted by Gasteiger charge is 2.34. The number of fused-ring (bicyclic) bond motifs is 2. The Morgan fingerprint density at radius 3 is 2.67 bits per heavy atom. The van der Waals surface area contributed by atoms with Gasteiger partial charge in [-0.2, -0.15) is 14.6 Å². The third-order valence-corrected chi connectivity index (χ3v) is 6.31. The molecule has 1 fully saturated rings. The normalized spacial score (nSPS) is 19.9. The van der Waals surface area contributed by atoms with Crippen molar-refractivity contribution in [2.45, 2.75) is 32.9 Å². The maximum Gasteiger partial charge on any atom is 0.254 e. The first kappa shape index (κ1) is 19.0. The number of amides is 1.